The third kappa shape index (κ3) is 4.42. The van der Waals surface area contributed by atoms with Gasteiger partial charge in [0.15, 0.2) is 6.79 Å². The lowest BCUT2D eigenvalue weighted by molar-refractivity contribution is -0.131. The lowest BCUT2D eigenvalue weighted by Gasteiger charge is -2.12. The number of rotatable bonds is 6. The van der Waals surface area contributed by atoms with Crippen LogP contribution in [0.25, 0.3) is 11.1 Å². The second-order valence-corrected chi connectivity index (χ2v) is 4.99. The number of carboxylic acids is 1. The van der Waals surface area contributed by atoms with Gasteiger partial charge >= 0.3 is 17.9 Å². The van der Waals surface area contributed by atoms with Crippen LogP contribution in [-0.4, -0.2) is 36.9 Å². The number of aromatic carboxylic acids is 1. The van der Waals surface area contributed by atoms with Gasteiger partial charge in [-0.1, -0.05) is 18.2 Å². The highest BCUT2D eigenvalue weighted by atomic mass is 16.7. The minimum atomic E-state index is -1.22. The van der Waals surface area contributed by atoms with E-state index in [-0.39, 0.29) is 23.7 Å². The zero-order chi connectivity index (χ0) is 18.4. The van der Waals surface area contributed by atoms with E-state index in [0.29, 0.717) is 11.1 Å². The molecule has 0 spiro atoms. The molecule has 0 radical (unpaired) electrons. The highest BCUT2D eigenvalue weighted by Gasteiger charge is 2.19. The average molecular weight is 344 g/mol. The Kier molecular flexibility index (Phi) is 5.86. The Morgan fingerprint density at radius 1 is 1.00 bits per heavy atom. The van der Waals surface area contributed by atoms with E-state index in [2.05, 4.69) is 0 Å². The Balaban J connectivity index is 2.53. The molecule has 25 heavy (non-hydrogen) atoms. The molecule has 1 N–H and O–H groups in total. The van der Waals surface area contributed by atoms with Crippen LogP contribution in [0.5, 0.6) is 5.75 Å². The number of hydrogen-bond donors (Lipinski definition) is 1. The van der Waals surface area contributed by atoms with Crippen LogP contribution in [0.3, 0.4) is 0 Å². The van der Waals surface area contributed by atoms with Gasteiger partial charge in [-0.15, -0.1) is 0 Å². The van der Waals surface area contributed by atoms with E-state index in [1.54, 1.807) is 18.2 Å². The topological polar surface area (TPSA) is 99.1 Å². The molecule has 0 unspecified atom stereocenters. The number of carbonyl (C=O) groups excluding carboxylic acids is 2. The molecule has 0 saturated carbocycles. The van der Waals surface area contributed by atoms with E-state index < -0.39 is 17.9 Å². The molecule has 0 heterocycles. The summed E-state index contributed by atoms with van der Waals surface area (Å²) < 4.78 is 14.6. The predicted molar refractivity (Wildman–Crippen MR) is 87.4 cm³/mol. The van der Waals surface area contributed by atoms with E-state index in [9.17, 15) is 19.5 Å². The summed E-state index contributed by atoms with van der Waals surface area (Å²) in [7, 11) is 1.38. The van der Waals surface area contributed by atoms with Crippen LogP contribution in [0, 0.1) is 0 Å². The Hall–Kier alpha value is -3.19. The van der Waals surface area contributed by atoms with Crippen molar-refractivity contribution < 1.29 is 33.7 Å². The molecule has 7 nitrogen and oxygen atoms in total. The number of carbonyl (C=O) groups is 3. The quantitative estimate of drug-likeness (QED) is 0.488. The van der Waals surface area contributed by atoms with Crippen molar-refractivity contribution >= 4 is 17.9 Å². The standard InChI is InChI=1S/C18H16O7/c1-11(19)25-12-7-8-14(16(9-12)17(20)21)13-5-3-4-6-15(13)18(22)24-10-23-2/h3-9H,10H2,1-2H3,(H,20,21). The van der Waals surface area contributed by atoms with Gasteiger partial charge in [-0.2, -0.15) is 0 Å². The van der Waals surface area contributed by atoms with Crippen molar-refractivity contribution in [1.29, 1.82) is 0 Å². The van der Waals surface area contributed by atoms with E-state index >= 15 is 0 Å². The van der Waals surface area contributed by atoms with Gasteiger partial charge in [-0.3, -0.25) is 4.79 Å². The minimum absolute atomic E-state index is 0.105. The van der Waals surface area contributed by atoms with E-state index in [1.807, 2.05) is 0 Å². The Bertz CT molecular complexity index is 811. The zero-order valence-corrected chi connectivity index (χ0v) is 13.6. The first-order chi connectivity index (χ1) is 11.9. The fourth-order valence-corrected chi connectivity index (χ4v) is 2.25. The molecule has 0 saturated heterocycles. The Morgan fingerprint density at radius 2 is 1.68 bits per heavy atom. The van der Waals surface area contributed by atoms with Gasteiger partial charge in [-0.05, 0) is 35.4 Å². The first-order valence-corrected chi connectivity index (χ1v) is 7.25. The van der Waals surface area contributed by atoms with Gasteiger partial charge < -0.3 is 19.3 Å². The molecule has 0 aromatic heterocycles. The number of hydrogen-bond acceptors (Lipinski definition) is 6. The number of benzene rings is 2. The second kappa shape index (κ2) is 8.07. The van der Waals surface area contributed by atoms with Gasteiger partial charge in [0, 0.05) is 14.0 Å². The molecule has 0 atom stereocenters. The predicted octanol–water partition coefficient (Wildman–Crippen LogP) is 2.74. The highest BCUT2D eigenvalue weighted by molar-refractivity contribution is 6.03. The van der Waals surface area contributed by atoms with E-state index in [4.69, 9.17) is 14.2 Å². The molecule has 2 rings (SSSR count). The van der Waals surface area contributed by atoms with Crippen molar-refractivity contribution in [3.63, 3.8) is 0 Å². The molecular weight excluding hydrogens is 328 g/mol. The van der Waals surface area contributed by atoms with Crippen LogP contribution in [0.4, 0.5) is 0 Å². The number of methoxy groups -OCH3 is 1. The SMILES string of the molecule is COCOC(=O)c1ccccc1-c1ccc(OC(C)=O)cc1C(=O)O. The fraction of sp³-hybridized carbons (Fsp3) is 0.167. The summed E-state index contributed by atoms with van der Waals surface area (Å²) >= 11 is 0. The molecular formula is C18H16O7. The van der Waals surface area contributed by atoms with Crippen molar-refractivity contribution in [3.8, 4) is 16.9 Å². The van der Waals surface area contributed by atoms with Crippen molar-refractivity contribution in [2.75, 3.05) is 13.9 Å². The number of ether oxygens (including phenoxy) is 3. The van der Waals surface area contributed by atoms with Crippen LogP contribution in [0.1, 0.15) is 27.6 Å². The monoisotopic (exact) mass is 344 g/mol. The summed E-state index contributed by atoms with van der Waals surface area (Å²) in [6, 6.07) is 10.6. The maximum atomic E-state index is 12.2. The molecule has 0 aliphatic rings. The minimum Gasteiger partial charge on any atom is -0.478 e. The maximum Gasteiger partial charge on any atom is 0.340 e. The third-order valence-corrected chi connectivity index (χ3v) is 3.23. The molecule has 130 valence electrons. The first kappa shape index (κ1) is 18.2. The average Bonchev–Trinajstić information content (AvgIpc) is 2.59. The smallest absolute Gasteiger partial charge is 0.340 e. The molecule has 0 aliphatic carbocycles. The first-order valence-electron chi connectivity index (χ1n) is 7.25. The molecule has 2 aromatic carbocycles. The molecule has 0 bridgehead atoms. The maximum absolute atomic E-state index is 12.2. The van der Waals surface area contributed by atoms with Gasteiger partial charge in [0.2, 0.25) is 0 Å². The Labute approximate surface area is 143 Å². The third-order valence-electron chi connectivity index (χ3n) is 3.23. The molecule has 2 aromatic rings. The largest absolute Gasteiger partial charge is 0.478 e. The normalized spacial score (nSPS) is 10.2. The summed E-state index contributed by atoms with van der Waals surface area (Å²) in [6.07, 6.45) is 0. The zero-order valence-electron chi connectivity index (χ0n) is 13.6. The fourth-order valence-electron chi connectivity index (χ4n) is 2.25. The Morgan fingerprint density at radius 3 is 2.32 bits per heavy atom. The molecule has 0 aliphatic heterocycles. The van der Waals surface area contributed by atoms with Gasteiger partial charge in [0.05, 0.1) is 11.1 Å². The van der Waals surface area contributed by atoms with Gasteiger partial charge in [-0.25, -0.2) is 9.59 Å². The lowest BCUT2D eigenvalue weighted by Crippen LogP contribution is -2.10. The summed E-state index contributed by atoms with van der Waals surface area (Å²) in [4.78, 5) is 34.8. The van der Waals surface area contributed by atoms with Crippen molar-refractivity contribution in [1.82, 2.24) is 0 Å². The van der Waals surface area contributed by atoms with Crippen LogP contribution >= 0.6 is 0 Å². The van der Waals surface area contributed by atoms with Gasteiger partial charge in [0.1, 0.15) is 5.75 Å². The van der Waals surface area contributed by atoms with Crippen LogP contribution in [0.15, 0.2) is 42.5 Å². The number of esters is 2. The molecule has 0 amide bonds. The summed E-state index contributed by atoms with van der Waals surface area (Å²) in [5, 5.41) is 9.48. The highest BCUT2D eigenvalue weighted by Crippen LogP contribution is 2.30. The van der Waals surface area contributed by atoms with Gasteiger partial charge in [0.25, 0.3) is 0 Å². The van der Waals surface area contributed by atoms with Crippen molar-refractivity contribution in [2.24, 2.45) is 0 Å². The second-order valence-electron chi connectivity index (χ2n) is 4.99. The summed E-state index contributed by atoms with van der Waals surface area (Å²) in [5.41, 5.74) is 0.775. The van der Waals surface area contributed by atoms with Crippen LogP contribution in [0.2, 0.25) is 0 Å². The molecule has 7 heteroatoms. The van der Waals surface area contributed by atoms with Crippen molar-refractivity contribution in [2.45, 2.75) is 6.92 Å². The summed E-state index contributed by atoms with van der Waals surface area (Å²) in [6.45, 7) is 1.000. The van der Waals surface area contributed by atoms with Crippen LogP contribution in [-0.2, 0) is 14.3 Å². The van der Waals surface area contributed by atoms with Crippen molar-refractivity contribution in [3.05, 3.63) is 53.6 Å². The van der Waals surface area contributed by atoms with E-state index in [0.717, 1.165) is 0 Å². The van der Waals surface area contributed by atoms with Crippen LogP contribution < -0.4 is 4.74 Å². The lowest BCUT2D eigenvalue weighted by atomic mass is 9.95. The summed E-state index contributed by atoms with van der Waals surface area (Å²) in [5.74, 6) is -2.32. The number of carboxylic acid groups (broad SMARTS) is 1. The van der Waals surface area contributed by atoms with E-state index in [1.165, 1.54) is 38.3 Å². The molecule has 0 fully saturated rings.